The van der Waals surface area contributed by atoms with Gasteiger partial charge in [0, 0.05) is 39.4 Å². The zero-order valence-corrected chi connectivity index (χ0v) is 16.0. The van der Waals surface area contributed by atoms with Crippen molar-refractivity contribution >= 4 is 27.6 Å². The quantitative estimate of drug-likeness (QED) is 0.727. The number of hydrogen-bond donors (Lipinski definition) is 2. The topological polar surface area (TPSA) is 107 Å². The molecule has 1 amide bonds. The Bertz CT molecular complexity index is 786. The number of benzene rings is 1. The molecular weight excluding hydrogens is 358 g/mol. The minimum Gasteiger partial charge on any atom is -0.481 e. The Balaban J connectivity index is 2.38. The van der Waals surface area contributed by atoms with Crippen LogP contribution in [0.1, 0.15) is 30.1 Å². The zero-order chi connectivity index (χ0) is 19.5. The third-order valence-electron chi connectivity index (χ3n) is 4.43. The van der Waals surface area contributed by atoms with Crippen LogP contribution in [0.15, 0.2) is 23.1 Å². The highest BCUT2D eigenvalue weighted by Gasteiger charge is 2.25. The van der Waals surface area contributed by atoms with Crippen LogP contribution in [0.3, 0.4) is 0 Å². The molecule has 144 valence electrons. The Labute approximate surface area is 153 Å². The van der Waals surface area contributed by atoms with Crippen molar-refractivity contribution in [2.45, 2.75) is 24.7 Å². The monoisotopic (exact) mass is 383 g/mol. The summed E-state index contributed by atoms with van der Waals surface area (Å²) in [6.07, 6.45) is 2.02. The Morgan fingerprint density at radius 1 is 1.27 bits per heavy atom. The van der Waals surface area contributed by atoms with E-state index in [-0.39, 0.29) is 17.0 Å². The maximum Gasteiger partial charge on any atom is 0.308 e. The van der Waals surface area contributed by atoms with Gasteiger partial charge in [-0.15, -0.1) is 0 Å². The molecule has 26 heavy (non-hydrogen) atoms. The summed E-state index contributed by atoms with van der Waals surface area (Å²) in [5, 5.41) is 11.6. The van der Waals surface area contributed by atoms with Gasteiger partial charge >= 0.3 is 5.97 Å². The number of carbonyl (C=O) groups is 2. The predicted octanol–water partition coefficient (Wildman–Crippen LogP) is 0.988. The number of sulfonamides is 1. The normalized spacial score (nSPS) is 15.9. The van der Waals surface area contributed by atoms with Gasteiger partial charge in [0.05, 0.1) is 16.4 Å². The van der Waals surface area contributed by atoms with Crippen molar-refractivity contribution in [3.8, 4) is 0 Å². The third kappa shape index (κ3) is 4.34. The largest absolute Gasteiger partial charge is 0.481 e. The molecule has 1 atom stereocenters. The van der Waals surface area contributed by atoms with Crippen molar-refractivity contribution in [1.29, 1.82) is 0 Å². The van der Waals surface area contributed by atoms with Gasteiger partial charge < -0.3 is 15.3 Å². The number of carboxylic acids is 1. The van der Waals surface area contributed by atoms with Crippen LogP contribution in [0.2, 0.25) is 0 Å². The van der Waals surface area contributed by atoms with Gasteiger partial charge in [-0.1, -0.05) is 6.92 Å². The molecule has 0 radical (unpaired) electrons. The van der Waals surface area contributed by atoms with E-state index in [1.54, 1.807) is 6.07 Å². The number of nitrogens with one attached hydrogen (secondary N) is 1. The molecule has 1 saturated heterocycles. The van der Waals surface area contributed by atoms with E-state index >= 15 is 0 Å². The summed E-state index contributed by atoms with van der Waals surface area (Å²) in [6.45, 7) is 3.06. The van der Waals surface area contributed by atoms with Crippen LogP contribution in [0.4, 0.5) is 5.69 Å². The van der Waals surface area contributed by atoms with Crippen molar-refractivity contribution in [2.75, 3.05) is 38.6 Å². The van der Waals surface area contributed by atoms with Crippen LogP contribution in [0.25, 0.3) is 0 Å². The second-order valence-electron chi connectivity index (χ2n) is 6.61. The van der Waals surface area contributed by atoms with Crippen molar-refractivity contribution in [3.05, 3.63) is 23.8 Å². The number of amides is 1. The molecule has 1 aromatic rings. The number of nitrogens with zero attached hydrogens (tertiary/aromatic N) is 2. The Morgan fingerprint density at radius 2 is 1.88 bits per heavy atom. The number of rotatable bonds is 7. The second kappa shape index (κ2) is 8.05. The van der Waals surface area contributed by atoms with Gasteiger partial charge in [-0.3, -0.25) is 9.59 Å². The molecular formula is C17H25N3O5S. The Hall–Kier alpha value is -2.13. The Kier molecular flexibility index (Phi) is 6.25. The van der Waals surface area contributed by atoms with E-state index in [2.05, 4.69) is 5.32 Å². The number of carboxylic acid groups (broad SMARTS) is 1. The number of carbonyl (C=O) groups excluding carboxylic acids is 1. The van der Waals surface area contributed by atoms with Crippen molar-refractivity contribution in [3.63, 3.8) is 0 Å². The standard InChI is InChI=1S/C17H25N3O5S/c1-12(17(22)23)11-18-16(21)14-10-13(26(24,25)19(2)3)6-7-15(14)20-8-4-5-9-20/h6-7,10,12H,4-5,8-9,11H2,1-3H3,(H,18,21)(H,22,23). The van der Waals surface area contributed by atoms with E-state index in [0.717, 1.165) is 30.2 Å². The van der Waals surface area contributed by atoms with Crippen LogP contribution in [-0.2, 0) is 14.8 Å². The average Bonchev–Trinajstić information content (AvgIpc) is 3.12. The maximum absolute atomic E-state index is 12.7. The van der Waals surface area contributed by atoms with Gasteiger partial charge in [0.2, 0.25) is 10.0 Å². The molecule has 0 aliphatic carbocycles. The minimum absolute atomic E-state index is 0.0295. The fourth-order valence-electron chi connectivity index (χ4n) is 2.73. The first-order valence-electron chi connectivity index (χ1n) is 8.47. The number of hydrogen-bond acceptors (Lipinski definition) is 5. The average molecular weight is 383 g/mol. The van der Waals surface area contributed by atoms with Gasteiger partial charge in [-0.05, 0) is 31.0 Å². The van der Waals surface area contributed by atoms with E-state index in [0.29, 0.717) is 5.69 Å². The smallest absolute Gasteiger partial charge is 0.308 e. The van der Waals surface area contributed by atoms with E-state index in [1.807, 2.05) is 4.90 Å². The molecule has 1 aromatic carbocycles. The molecule has 1 aliphatic rings. The zero-order valence-electron chi connectivity index (χ0n) is 15.2. The summed E-state index contributed by atoms with van der Waals surface area (Å²) >= 11 is 0. The summed E-state index contributed by atoms with van der Waals surface area (Å²) in [6, 6.07) is 4.51. The van der Waals surface area contributed by atoms with E-state index in [4.69, 9.17) is 5.11 Å². The highest BCUT2D eigenvalue weighted by atomic mass is 32.2. The molecule has 0 bridgehead atoms. The third-order valence-corrected chi connectivity index (χ3v) is 6.24. The van der Waals surface area contributed by atoms with Gasteiger partial charge in [0.25, 0.3) is 5.91 Å². The SMILES string of the molecule is CC(CNC(=O)c1cc(S(=O)(=O)N(C)C)ccc1N1CCCC1)C(=O)O. The van der Waals surface area contributed by atoms with Crippen LogP contribution < -0.4 is 10.2 Å². The lowest BCUT2D eigenvalue weighted by molar-refractivity contribution is -0.140. The van der Waals surface area contributed by atoms with Crippen molar-refractivity contribution < 1.29 is 23.1 Å². The molecule has 0 saturated carbocycles. The molecule has 2 N–H and O–H groups in total. The highest BCUT2D eigenvalue weighted by molar-refractivity contribution is 7.89. The van der Waals surface area contributed by atoms with Gasteiger partial charge in [-0.25, -0.2) is 12.7 Å². The van der Waals surface area contributed by atoms with E-state index in [1.165, 1.54) is 33.2 Å². The fraction of sp³-hybridized carbons (Fsp3) is 0.529. The van der Waals surface area contributed by atoms with Crippen LogP contribution in [-0.4, -0.2) is 63.4 Å². The Morgan fingerprint density at radius 3 is 2.42 bits per heavy atom. The first-order valence-corrected chi connectivity index (χ1v) is 9.91. The van der Waals surface area contributed by atoms with Crippen LogP contribution >= 0.6 is 0 Å². The van der Waals surface area contributed by atoms with Gasteiger partial charge in [-0.2, -0.15) is 0 Å². The molecule has 1 fully saturated rings. The minimum atomic E-state index is -3.68. The summed E-state index contributed by atoms with van der Waals surface area (Å²) in [7, 11) is -0.820. The first kappa shape index (κ1) is 20.2. The fourth-order valence-corrected chi connectivity index (χ4v) is 3.66. The van der Waals surface area contributed by atoms with E-state index < -0.39 is 27.8 Å². The molecule has 9 heteroatoms. The summed E-state index contributed by atoms with van der Waals surface area (Å²) in [5.74, 6) is -2.22. The molecule has 1 heterocycles. The second-order valence-corrected chi connectivity index (χ2v) is 8.76. The molecule has 0 spiro atoms. The van der Waals surface area contributed by atoms with E-state index in [9.17, 15) is 18.0 Å². The van der Waals surface area contributed by atoms with Crippen molar-refractivity contribution in [1.82, 2.24) is 9.62 Å². The van der Waals surface area contributed by atoms with Crippen LogP contribution in [0.5, 0.6) is 0 Å². The van der Waals surface area contributed by atoms with Crippen molar-refractivity contribution in [2.24, 2.45) is 5.92 Å². The molecule has 0 aromatic heterocycles. The first-order chi connectivity index (χ1) is 12.1. The molecule has 1 unspecified atom stereocenters. The van der Waals surface area contributed by atoms with Gasteiger partial charge in [0.1, 0.15) is 0 Å². The number of anilines is 1. The lowest BCUT2D eigenvalue weighted by atomic mass is 10.1. The maximum atomic E-state index is 12.7. The summed E-state index contributed by atoms with van der Waals surface area (Å²) < 4.78 is 25.9. The predicted molar refractivity (Wildman–Crippen MR) is 97.9 cm³/mol. The molecule has 8 nitrogen and oxygen atoms in total. The molecule has 1 aliphatic heterocycles. The number of aliphatic carboxylic acids is 1. The summed E-state index contributed by atoms with van der Waals surface area (Å²) in [4.78, 5) is 25.7. The van der Waals surface area contributed by atoms with Crippen LogP contribution in [0, 0.1) is 5.92 Å². The lowest BCUT2D eigenvalue weighted by Crippen LogP contribution is -2.33. The molecule has 2 rings (SSSR count). The lowest BCUT2D eigenvalue weighted by Gasteiger charge is -2.22. The summed E-state index contributed by atoms with van der Waals surface area (Å²) in [5.41, 5.74) is 0.910. The van der Waals surface area contributed by atoms with Gasteiger partial charge in [0.15, 0.2) is 0 Å². The highest BCUT2D eigenvalue weighted by Crippen LogP contribution is 2.28.